The van der Waals surface area contributed by atoms with Gasteiger partial charge < -0.3 is 20.1 Å². The molecule has 0 bridgehead atoms. The Morgan fingerprint density at radius 2 is 2.05 bits per heavy atom. The lowest BCUT2D eigenvalue weighted by Crippen LogP contribution is -2.33. The predicted molar refractivity (Wildman–Crippen MR) is 71.1 cm³/mol. The molecule has 2 N–H and O–H groups in total. The van der Waals surface area contributed by atoms with Crippen LogP contribution in [0.5, 0.6) is 0 Å². The van der Waals surface area contributed by atoms with Gasteiger partial charge in [0.2, 0.25) is 0 Å². The van der Waals surface area contributed by atoms with Crippen LogP contribution < -0.4 is 5.32 Å². The van der Waals surface area contributed by atoms with Crippen LogP contribution in [-0.2, 0) is 16.1 Å². The van der Waals surface area contributed by atoms with Crippen molar-refractivity contribution >= 4 is 17.7 Å². The first-order valence-electron chi connectivity index (χ1n) is 5.85. The van der Waals surface area contributed by atoms with E-state index in [0.717, 1.165) is 5.56 Å². The van der Waals surface area contributed by atoms with Crippen molar-refractivity contribution in [2.75, 3.05) is 26.0 Å². The summed E-state index contributed by atoms with van der Waals surface area (Å²) in [7, 11) is 3.13. The Kier molecular flexibility index (Phi) is 5.81. The van der Waals surface area contributed by atoms with E-state index in [1.807, 2.05) is 18.2 Å². The second-order valence-corrected chi connectivity index (χ2v) is 4.09. The zero-order valence-electron chi connectivity index (χ0n) is 11.0. The number of aliphatic carboxylic acids is 1. The highest BCUT2D eigenvalue weighted by Gasteiger charge is 2.11. The second-order valence-electron chi connectivity index (χ2n) is 4.09. The van der Waals surface area contributed by atoms with Crippen LogP contribution in [0.1, 0.15) is 12.0 Å². The van der Waals surface area contributed by atoms with Gasteiger partial charge >= 0.3 is 12.0 Å². The van der Waals surface area contributed by atoms with Crippen LogP contribution in [0.4, 0.5) is 10.5 Å². The molecule has 2 amide bonds. The summed E-state index contributed by atoms with van der Waals surface area (Å²) in [6, 6.07) is 6.96. The maximum absolute atomic E-state index is 11.9. The van der Waals surface area contributed by atoms with Crippen molar-refractivity contribution in [1.82, 2.24) is 4.90 Å². The van der Waals surface area contributed by atoms with Gasteiger partial charge in [-0.3, -0.25) is 4.79 Å². The van der Waals surface area contributed by atoms with Crippen molar-refractivity contribution in [2.45, 2.75) is 13.0 Å². The van der Waals surface area contributed by atoms with E-state index in [1.54, 1.807) is 20.2 Å². The molecule has 104 valence electrons. The second kappa shape index (κ2) is 7.38. The number of amides is 2. The molecule has 0 aromatic heterocycles. The van der Waals surface area contributed by atoms with E-state index in [1.165, 1.54) is 4.90 Å². The van der Waals surface area contributed by atoms with Crippen LogP contribution in [0.2, 0.25) is 0 Å². The summed E-state index contributed by atoms with van der Waals surface area (Å²) in [5.41, 5.74) is 1.53. The highest BCUT2D eigenvalue weighted by molar-refractivity contribution is 5.90. The lowest BCUT2D eigenvalue weighted by Gasteiger charge is -2.18. The molecule has 0 heterocycles. The van der Waals surface area contributed by atoms with Crippen LogP contribution in [-0.4, -0.2) is 42.7 Å². The number of nitrogens with one attached hydrogen (secondary N) is 1. The number of nitrogens with zero attached hydrogens (tertiary/aromatic N) is 1. The predicted octanol–water partition coefficient (Wildman–Crippen LogP) is 1.77. The topological polar surface area (TPSA) is 78.9 Å². The Bertz CT molecular complexity index is 448. The van der Waals surface area contributed by atoms with Crippen LogP contribution in [0.3, 0.4) is 0 Å². The zero-order chi connectivity index (χ0) is 14.3. The van der Waals surface area contributed by atoms with Gasteiger partial charge in [0, 0.05) is 32.0 Å². The molecule has 1 rings (SSSR count). The highest BCUT2D eigenvalue weighted by Crippen LogP contribution is 2.16. The fraction of sp³-hybridized carbons (Fsp3) is 0.385. The fourth-order valence-electron chi connectivity index (χ4n) is 1.50. The molecule has 0 fully saturated rings. The number of rotatable bonds is 6. The van der Waals surface area contributed by atoms with Crippen LogP contribution in [0.15, 0.2) is 24.3 Å². The third-order valence-corrected chi connectivity index (χ3v) is 2.57. The molecule has 0 saturated carbocycles. The lowest BCUT2D eigenvalue weighted by molar-refractivity contribution is -0.137. The normalized spacial score (nSPS) is 10.0. The summed E-state index contributed by atoms with van der Waals surface area (Å²) >= 11 is 0. The first-order valence-corrected chi connectivity index (χ1v) is 5.85. The van der Waals surface area contributed by atoms with Crippen molar-refractivity contribution < 1.29 is 19.4 Å². The van der Waals surface area contributed by atoms with Gasteiger partial charge in [-0.05, 0) is 6.07 Å². The molecular weight excluding hydrogens is 248 g/mol. The molecular formula is C13H18N2O4. The SMILES string of the molecule is COCc1ccccc1NC(=O)N(C)CCC(=O)O. The number of hydrogen-bond acceptors (Lipinski definition) is 3. The van der Waals surface area contributed by atoms with Gasteiger partial charge in [0.05, 0.1) is 13.0 Å². The van der Waals surface area contributed by atoms with Gasteiger partial charge in [-0.1, -0.05) is 18.2 Å². The summed E-state index contributed by atoms with van der Waals surface area (Å²) in [6.45, 7) is 0.558. The molecule has 0 aliphatic rings. The van der Waals surface area contributed by atoms with Crippen LogP contribution in [0, 0.1) is 0 Å². The molecule has 0 aliphatic heterocycles. The number of carboxylic acids is 1. The van der Waals surface area contributed by atoms with Crippen LogP contribution in [0.25, 0.3) is 0 Å². The third-order valence-electron chi connectivity index (χ3n) is 2.57. The molecule has 6 nitrogen and oxygen atoms in total. The molecule has 6 heteroatoms. The number of carbonyl (C=O) groups is 2. The number of methoxy groups -OCH3 is 1. The number of ether oxygens (including phenoxy) is 1. The largest absolute Gasteiger partial charge is 0.481 e. The first-order chi connectivity index (χ1) is 9.04. The summed E-state index contributed by atoms with van der Waals surface area (Å²) in [6.07, 6.45) is -0.0797. The van der Waals surface area contributed by atoms with Gasteiger partial charge in [0.25, 0.3) is 0 Å². The quantitative estimate of drug-likeness (QED) is 0.822. The lowest BCUT2D eigenvalue weighted by atomic mass is 10.2. The summed E-state index contributed by atoms with van der Waals surface area (Å²) in [5, 5.41) is 11.3. The van der Waals surface area contributed by atoms with Gasteiger partial charge in [-0.15, -0.1) is 0 Å². The average Bonchev–Trinajstić information content (AvgIpc) is 2.38. The van der Waals surface area contributed by atoms with Crippen molar-refractivity contribution in [1.29, 1.82) is 0 Å². The number of para-hydroxylation sites is 1. The maximum atomic E-state index is 11.9. The molecule has 0 radical (unpaired) electrons. The Balaban J connectivity index is 2.63. The standard InChI is InChI=1S/C13H18N2O4/c1-15(8-7-12(16)17)13(18)14-11-6-4-3-5-10(11)9-19-2/h3-6H,7-9H2,1-2H3,(H,14,18)(H,16,17). The van der Waals surface area contributed by atoms with E-state index in [0.29, 0.717) is 12.3 Å². The number of benzene rings is 1. The fourth-order valence-corrected chi connectivity index (χ4v) is 1.50. The monoisotopic (exact) mass is 266 g/mol. The minimum atomic E-state index is -0.931. The maximum Gasteiger partial charge on any atom is 0.321 e. The van der Waals surface area contributed by atoms with E-state index in [4.69, 9.17) is 9.84 Å². The van der Waals surface area contributed by atoms with Crippen molar-refractivity contribution in [3.8, 4) is 0 Å². The van der Waals surface area contributed by atoms with E-state index in [2.05, 4.69) is 5.32 Å². The number of hydrogen-bond donors (Lipinski definition) is 2. The molecule has 1 aromatic rings. The Morgan fingerprint density at radius 1 is 1.37 bits per heavy atom. The van der Waals surface area contributed by atoms with Gasteiger partial charge in [-0.2, -0.15) is 0 Å². The summed E-state index contributed by atoms with van der Waals surface area (Å²) < 4.78 is 5.05. The minimum Gasteiger partial charge on any atom is -0.481 e. The molecule has 0 unspecified atom stereocenters. The summed E-state index contributed by atoms with van der Waals surface area (Å²) in [5.74, 6) is -0.931. The molecule has 19 heavy (non-hydrogen) atoms. The molecule has 1 aromatic carbocycles. The highest BCUT2D eigenvalue weighted by atomic mass is 16.5. The molecule has 0 atom stereocenters. The van der Waals surface area contributed by atoms with Crippen LogP contribution >= 0.6 is 0 Å². The van der Waals surface area contributed by atoms with Gasteiger partial charge in [-0.25, -0.2) is 4.79 Å². The number of carboxylic acid groups (broad SMARTS) is 1. The van der Waals surface area contributed by atoms with Crippen molar-refractivity contribution in [2.24, 2.45) is 0 Å². The smallest absolute Gasteiger partial charge is 0.321 e. The van der Waals surface area contributed by atoms with Crippen molar-refractivity contribution in [3.63, 3.8) is 0 Å². The van der Waals surface area contributed by atoms with E-state index in [-0.39, 0.29) is 19.0 Å². The average molecular weight is 266 g/mol. The third kappa shape index (κ3) is 4.97. The molecule has 0 aliphatic carbocycles. The number of carbonyl (C=O) groups excluding carboxylic acids is 1. The molecule has 0 spiro atoms. The van der Waals surface area contributed by atoms with E-state index < -0.39 is 5.97 Å². The zero-order valence-corrected chi connectivity index (χ0v) is 11.0. The van der Waals surface area contributed by atoms with Gasteiger partial charge in [0.1, 0.15) is 0 Å². The summed E-state index contributed by atoms with van der Waals surface area (Å²) in [4.78, 5) is 23.6. The number of anilines is 1. The minimum absolute atomic E-state index is 0.0797. The Morgan fingerprint density at radius 3 is 2.68 bits per heavy atom. The number of urea groups is 1. The first kappa shape index (κ1) is 15.0. The van der Waals surface area contributed by atoms with E-state index >= 15 is 0 Å². The Labute approximate surface area is 112 Å². The Hall–Kier alpha value is -2.08. The van der Waals surface area contributed by atoms with E-state index in [9.17, 15) is 9.59 Å². The molecule has 0 saturated heterocycles. The van der Waals surface area contributed by atoms with Gasteiger partial charge in [0.15, 0.2) is 0 Å². The van der Waals surface area contributed by atoms with Crippen molar-refractivity contribution in [3.05, 3.63) is 29.8 Å².